The Labute approximate surface area is 171 Å². The van der Waals surface area contributed by atoms with Crippen molar-refractivity contribution in [3.8, 4) is 0 Å². The molecule has 0 aliphatic heterocycles. The zero-order valence-corrected chi connectivity index (χ0v) is 18.6. The minimum Gasteiger partial charge on any atom is -0.385 e. The van der Waals surface area contributed by atoms with Crippen LogP contribution in [0.1, 0.15) is 29.3 Å². The van der Waals surface area contributed by atoms with Gasteiger partial charge in [-0.3, -0.25) is 4.79 Å². The Morgan fingerprint density at radius 1 is 1.17 bits per heavy atom. The summed E-state index contributed by atoms with van der Waals surface area (Å²) in [6, 6.07) is 3.21. The highest BCUT2D eigenvalue weighted by molar-refractivity contribution is 7.90. The third kappa shape index (κ3) is 5.65. The lowest BCUT2D eigenvalue weighted by molar-refractivity contribution is 0.119. The Morgan fingerprint density at radius 2 is 1.86 bits per heavy atom. The molecule has 1 atom stereocenters. The second-order valence-corrected chi connectivity index (χ2v) is 9.17. The number of aryl methyl sites for hydroxylation is 3. The zero-order valence-electron chi connectivity index (χ0n) is 17.8. The fraction of sp³-hybridized carbons (Fsp3) is 0.500. The van der Waals surface area contributed by atoms with Crippen LogP contribution in [-0.2, 0) is 19.3 Å². The summed E-state index contributed by atoms with van der Waals surface area (Å²) in [6.45, 7) is 6.21. The summed E-state index contributed by atoms with van der Waals surface area (Å²) in [7, 11) is -0.327. The van der Waals surface area contributed by atoms with Crippen LogP contribution in [-0.4, -0.2) is 51.7 Å². The maximum atomic E-state index is 13.1. The molecule has 0 aliphatic rings. The predicted octanol–water partition coefficient (Wildman–Crippen LogP) is 2.54. The van der Waals surface area contributed by atoms with Crippen molar-refractivity contribution in [2.75, 3.05) is 39.0 Å². The monoisotopic (exact) mass is 423 g/mol. The third-order valence-electron chi connectivity index (χ3n) is 4.55. The summed E-state index contributed by atoms with van der Waals surface area (Å²) in [5, 5.41) is 2.98. The van der Waals surface area contributed by atoms with Crippen molar-refractivity contribution in [1.29, 1.82) is 0 Å². The molecule has 0 bridgehead atoms. The number of aromatic nitrogens is 2. The molecule has 0 saturated carbocycles. The molecule has 1 N–H and O–H groups in total. The van der Waals surface area contributed by atoms with E-state index in [-0.39, 0.29) is 22.3 Å². The van der Waals surface area contributed by atoms with E-state index < -0.39 is 9.84 Å². The molecule has 1 unspecified atom stereocenters. The molecule has 1 aromatic carbocycles. The van der Waals surface area contributed by atoms with Crippen LogP contribution < -0.4 is 10.9 Å². The highest BCUT2D eigenvalue weighted by Gasteiger charge is 2.20. The Kier molecular flexibility index (Phi) is 7.56. The van der Waals surface area contributed by atoms with E-state index in [0.717, 1.165) is 11.8 Å². The summed E-state index contributed by atoms with van der Waals surface area (Å²) >= 11 is 0. The normalized spacial score (nSPS) is 12.8. The number of hydrogen-bond acceptors (Lipinski definition) is 7. The molecule has 2 aromatic rings. The van der Waals surface area contributed by atoms with Crippen molar-refractivity contribution in [2.24, 2.45) is 0 Å². The Morgan fingerprint density at radius 3 is 2.45 bits per heavy atom. The molecule has 0 saturated heterocycles. The molecule has 0 radical (unpaired) electrons. The summed E-state index contributed by atoms with van der Waals surface area (Å²) in [5.41, 5.74) is 2.17. The molecule has 1 heterocycles. The van der Waals surface area contributed by atoms with E-state index >= 15 is 0 Å². The first kappa shape index (κ1) is 23.1. The zero-order chi connectivity index (χ0) is 21.8. The van der Waals surface area contributed by atoms with Crippen LogP contribution in [0.5, 0.6) is 0 Å². The molecule has 0 fully saturated rings. The molecule has 0 spiro atoms. The van der Waals surface area contributed by atoms with Crippen LogP contribution in [0.15, 0.2) is 28.0 Å². The highest BCUT2D eigenvalue weighted by Crippen LogP contribution is 2.29. The quantitative estimate of drug-likeness (QED) is 0.661. The van der Waals surface area contributed by atoms with Gasteiger partial charge in [0.2, 0.25) is 0 Å². The van der Waals surface area contributed by atoms with Gasteiger partial charge in [-0.25, -0.2) is 13.4 Å². The first-order chi connectivity index (χ1) is 13.6. The van der Waals surface area contributed by atoms with Crippen molar-refractivity contribution >= 4 is 21.3 Å². The number of nitrogens with one attached hydrogen (secondary N) is 1. The number of benzene rings is 1. The third-order valence-corrected chi connectivity index (χ3v) is 5.67. The average molecular weight is 424 g/mol. The van der Waals surface area contributed by atoms with Crippen molar-refractivity contribution in [3.63, 3.8) is 0 Å². The molecule has 0 aliphatic carbocycles. The van der Waals surface area contributed by atoms with E-state index in [1.165, 1.54) is 0 Å². The van der Waals surface area contributed by atoms with E-state index in [2.05, 4.69) is 10.3 Å². The molecular weight excluding hydrogens is 394 g/mol. The standard InChI is InChI=1S/C20H29N3O5S/c1-13-9-14(2)18(17(10-13)29(6,25)26)22-19-20(24)23(11-15(3)21-19)16(12-28-5)7-8-27-4/h9-11,16H,7-8,12H2,1-6H3,(H,21,22). The van der Waals surface area contributed by atoms with Crippen molar-refractivity contribution < 1.29 is 17.9 Å². The minimum atomic E-state index is -3.50. The van der Waals surface area contributed by atoms with Gasteiger partial charge in [-0.05, 0) is 44.4 Å². The van der Waals surface area contributed by atoms with Gasteiger partial charge >= 0.3 is 0 Å². The second-order valence-electron chi connectivity index (χ2n) is 7.19. The van der Waals surface area contributed by atoms with Gasteiger partial charge in [0.15, 0.2) is 15.7 Å². The van der Waals surface area contributed by atoms with Gasteiger partial charge in [0.1, 0.15) is 0 Å². The largest absolute Gasteiger partial charge is 0.385 e. The van der Waals surface area contributed by atoms with Crippen LogP contribution in [0, 0.1) is 20.8 Å². The van der Waals surface area contributed by atoms with Gasteiger partial charge in [-0.1, -0.05) is 6.07 Å². The highest BCUT2D eigenvalue weighted by atomic mass is 32.2. The van der Waals surface area contributed by atoms with Crippen molar-refractivity contribution in [3.05, 3.63) is 45.5 Å². The van der Waals surface area contributed by atoms with Crippen LogP contribution in [0.25, 0.3) is 0 Å². The fourth-order valence-electron chi connectivity index (χ4n) is 3.24. The first-order valence-electron chi connectivity index (χ1n) is 9.24. The average Bonchev–Trinajstić information content (AvgIpc) is 2.62. The summed E-state index contributed by atoms with van der Waals surface area (Å²) in [6.07, 6.45) is 3.41. The number of sulfone groups is 1. The molecule has 8 nitrogen and oxygen atoms in total. The predicted molar refractivity (Wildman–Crippen MR) is 113 cm³/mol. The number of ether oxygens (including phenoxy) is 2. The Hall–Kier alpha value is -2.23. The molecule has 0 amide bonds. The molecule has 29 heavy (non-hydrogen) atoms. The van der Waals surface area contributed by atoms with Crippen LogP contribution in [0.3, 0.4) is 0 Å². The number of nitrogens with zero attached hydrogens (tertiary/aromatic N) is 2. The van der Waals surface area contributed by atoms with Gasteiger partial charge < -0.3 is 19.4 Å². The Bertz CT molecular complexity index is 1030. The van der Waals surface area contributed by atoms with E-state index in [1.807, 2.05) is 13.0 Å². The lowest BCUT2D eigenvalue weighted by Crippen LogP contribution is -2.31. The van der Waals surface area contributed by atoms with Crippen molar-refractivity contribution in [2.45, 2.75) is 38.1 Å². The van der Waals surface area contributed by atoms with Gasteiger partial charge in [0.25, 0.3) is 5.56 Å². The molecule has 2 rings (SSSR count). The SMILES string of the molecule is COCCC(COC)n1cc(C)nc(Nc2c(C)cc(C)cc2S(C)(=O)=O)c1=O. The number of hydrogen-bond donors (Lipinski definition) is 1. The lowest BCUT2D eigenvalue weighted by Gasteiger charge is -2.21. The first-order valence-corrected chi connectivity index (χ1v) is 11.1. The maximum absolute atomic E-state index is 13.1. The van der Waals surface area contributed by atoms with Crippen LogP contribution in [0.2, 0.25) is 0 Å². The smallest absolute Gasteiger partial charge is 0.294 e. The van der Waals surface area contributed by atoms with Crippen molar-refractivity contribution in [1.82, 2.24) is 9.55 Å². The fourth-order valence-corrected chi connectivity index (χ4v) is 4.22. The topological polar surface area (TPSA) is 99.5 Å². The number of anilines is 2. The summed E-state index contributed by atoms with van der Waals surface area (Å²) < 4.78 is 36.6. The van der Waals surface area contributed by atoms with Gasteiger partial charge in [0.05, 0.1) is 28.9 Å². The summed E-state index contributed by atoms with van der Waals surface area (Å²) in [5.74, 6) is 0.0698. The second kappa shape index (κ2) is 9.51. The van der Waals surface area contributed by atoms with E-state index in [0.29, 0.717) is 36.6 Å². The Balaban J connectivity index is 2.59. The molecule has 9 heteroatoms. The number of methoxy groups -OCH3 is 2. The van der Waals surface area contributed by atoms with Gasteiger partial charge in [0, 0.05) is 33.3 Å². The van der Waals surface area contributed by atoms with E-state index in [4.69, 9.17) is 9.47 Å². The molecular formula is C20H29N3O5S. The van der Waals surface area contributed by atoms with Gasteiger partial charge in [-0.2, -0.15) is 0 Å². The molecule has 160 valence electrons. The minimum absolute atomic E-state index is 0.0698. The maximum Gasteiger partial charge on any atom is 0.294 e. The molecule has 1 aromatic heterocycles. The van der Waals surface area contributed by atoms with E-state index in [9.17, 15) is 13.2 Å². The van der Waals surface area contributed by atoms with Crippen LogP contribution >= 0.6 is 0 Å². The van der Waals surface area contributed by atoms with E-state index in [1.54, 1.807) is 44.9 Å². The number of rotatable bonds is 9. The van der Waals surface area contributed by atoms with Crippen LogP contribution in [0.4, 0.5) is 11.5 Å². The van der Waals surface area contributed by atoms with Gasteiger partial charge in [-0.15, -0.1) is 0 Å². The summed E-state index contributed by atoms with van der Waals surface area (Å²) in [4.78, 5) is 17.6. The lowest BCUT2D eigenvalue weighted by atomic mass is 10.1.